The quantitative estimate of drug-likeness (QED) is 0.685. The Labute approximate surface area is 132 Å². The van der Waals surface area contributed by atoms with Gasteiger partial charge in [-0.25, -0.2) is 9.37 Å². The normalized spacial score (nSPS) is 10.0. The summed E-state index contributed by atoms with van der Waals surface area (Å²) in [6.45, 7) is 0.00897. The molecule has 0 unspecified atom stereocenters. The monoisotopic (exact) mass is 321 g/mol. The lowest BCUT2D eigenvalue weighted by Gasteiger charge is -2.04. The highest BCUT2D eigenvalue weighted by Gasteiger charge is 2.06. The van der Waals surface area contributed by atoms with Crippen LogP contribution >= 0.6 is 23.4 Å². The minimum absolute atomic E-state index is 0.00897. The molecule has 1 aromatic heterocycles. The van der Waals surface area contributed by atoms with Crippen LogP contribution in [0.3, 0.4) is 0 Å². The number of halogens is 2. The maximum atomic E-state index is 14.0. The van der Waals surface area contributed by atoms with E-state index >= 15 is 0 Å². The van der Waals surface area contributed by atoms with E-state index < -0.39 is 0 Å². The minimum Gasteiger partial charge on any atom is -0.395 e. The van der Waals surface area contributed by atoms with E-state index in [0.717, 1.165) is 0 Å². The Hall–Kier alpha value is -1.54. The number of aromatic nitrogens is 1. The highest BCUT2D eigenvalue weighted by Crippen LogP contribution is 2.28. The Kier molecular flexibility index (Phi) is 6.06. The molecular weight excluding hydrogens is 309 g/mol. The van der Waals surface area contributed by atoms with E-state index in [1.165, 1.54) is 17.8 Å². The van der Waals surface area contributed by atoms with E-state index in [9.17, 15) is 4.39 Å². The third-order valence-corrected chi connectivity index (χ3v) is 4.08. The molecule has 0 saturated carbocycles. The first-order valence-electron chi connectivity index (χ1n) is 6.32. The van der Waals surface area contributed by atoms with Gasteiger partial charge in [0.25, 0.3) is 0 Å². The smallest absolute Gasteiger partial charge is 0.128 e. The van der Waals surface area contributed by atoms with Crippen LogP contribution in [0, 0.1) is 17.7 Å². The van der Waals surface area contributed by atoms with Gasteiger partial charge in [0, 0.05) is 23.9 Å². The standard InChI is InChI=1S/C16H13ClFNOS/c17-14-5-3-8-19-16(14)21-11-13-7-6-12(10-15(13)18)4-1-2-9-20/h3,5-8,10,20H,2,9,11H2. The molecule has 2 rings (SSSR count). The van der Waals surface area contributed by atoms with Gasteiger partial charge >= 0.3 is 0 Å². The first-order chi connectivity index (χ1) is 10.2. The van der Waals surface area contributed by atoms with Crippen LogP contribution in [0.2, 0.25) is 5.02 Å². The van der Waals surface area contributed by atoms with Crippen molar-refractivity contribution in [2.75, 3.05) is 6.61 Å². The predicted octanol–water partition coefficient (Wildman–Crippen LogP) is 3.90. The molecule has 0 aliphatic rings. The fourth-order valence-corrected chi connectivity index (χ4v) is 2.74. The van der Waals surface area contributed by atoms with E-state index in [1.807, 2.05) is 0 Å². The number of nitrogens with zero attached hydrogens (tertiary/aromatic N) is 1. The molecule has 2 aromatic rings. The molecule has 0 radical (unpaired) electrons. The summed E-state index contributed by atoms with van der Waals surface area (Å²) in [5.74, 6) is 5.72. The van der Waals surface area contributed by atoms with Gasteiger partial charge in [-0.1, -0.05) is 29.5 Å². The molecule has 0 atom stereocenters. The van der Waals surface area contributed by atoms with Crippen LogP contribution in [0.25, 0.3) is 0 Å². The molecule has 0 aliphatic carbocycles. The van der Waals surface area contributed by atoms with Crippen LogP contribution in [-0.4, -0.2) is 16.7 Å². The van der Waals surface area contributed by atoms with Crippen LogP contribution in [0.1, 0.15) is 17.5 Å². The third-order valence-electron chi connectivity index (χ3n) is 2.61. The van der Waals surface area contributed by atoms with Crippen molar-refractivity contribution in [2.45, 2.75) is 17.2 Å². The lowest BCUT2D eigenvalue weighted by atomic mass is 10.1. The molecular formula is C16H13ClFNOS. The van der Waals surface area contributed by atoms with E-state index in [-0.39, 0.29) is 12.4 Å². The molecule has 0 spiro atoms. The average Bonchev–Trinajstić information content (AvgIpc) is 2.48. The van der Waals surface area contributed by atoms with E-state index in [0.29, 0.717) is 33.3 Å². The van der Waals surface area contributed by atoms with E-state index in [4.69, 9.17) is 16.7 Å². The molecule has 108 valence electrons. The van der Waals surface area contributed by atoms with Crippen molar-refractivity contribution in [3.8, 4) is 11.8 Å². The largest absolute Gasteiger partial charge is 0.395 e. The highest BCUT2D eigenvalue weighted by atomic mass is 35.5. The lowest BCUT2D eigenvalue weighted by molar-refractivity contribution is 0.305. The molecule has 1 heterocycles. The summed E-state index contributed by atoms with van der Waals surface area (Å²) in [7, 11) is 0. The molecule has 1 N–H and O–H groups in total. The van der Waals surface area contributed by atoms with Crippen molar-refractivity contribution in [3.63, 3.8) is 0 Å². The Morgan fingerprint density at radius 1 is 1.33 bits per heavy atom. The van der Waals surface area contributed by atoms with Crippen molar-refractivity contribution < 1.29 is 9.50 Å². The van der Waals surface area contributed by atoms with Crippen LogP contribution in [0.4, 0.5) is 4.39 Å². The summed E-state index contributed by atoms with van der Waals surface area (Å²) < 4.78 is 14.0. The maximum absolute atomic E-state index is 14.0. The first-order valence-corrected chi connectivity index (χ1v) is 7.68. The van der Waals surface area contributed by atoms with Crippen LogP contribution in [0.5, 0.6) is 0 Å². The van der Waals surface area contributed by atoms with Crippen molar-refractivity contribution in [3.05, 3.63) is 58.5 Å². The fourth-order valence-electron chi connectivity index (χ4n) is 1.59. The fraction of sp³-hybridized carbons (Fsp3) is 0.188. The topological polar surface area (TPSA) is 33.1 Å². The maximum Gasteiger partial charge on any atom is 0.128 e. The number of rotatable bonds is 4. The second-order valence-corrected chi connectivity index (χ2v) is 5.53. The number of aliphatic hydroxyl groups is 1. The molecule has 0 bridgehead atoms. The van der Waals surface area contributed by atoms with Crippen molar-refractivity contribution in [1.82, 2.24) is 4.98 Å². The van der Waals surface area contributed by atoms with Gasteiger partial charge in [0.05, 0.1) is 11.6 Å². The number of hydrogen-bond acceptors (Lipinski definition) is 3. The van der Waals surface area contributed by atoms with Crippen molar-refractivity contribution in [1.29, 1.82) is 0 Å². The highest BCUT2D eigenvalue weighted by molar-refractivity contribution is 7.98. The lowest BCUT2D eigenvalue weighted by Crippen LogP contribution is -1.90. The zero-order chi connectivity index (χ0) is 15.1. The average molecular weight is 322 g/mol. The minimum atomic E-state index is -0.301. The molecule has 1 aromatic carbocycles. The second-order valence-electron chi connectivity index (χ2n) is 4.16. The Morgan fingerprint density at radius 2 is 2.19 bits per heavy atom. The first kappa shape index (κ1) is 15.8. The van der Waals surface area contributed by atoms with Crippen LogP contribution < -0.4 is 0 Å². The summed E-state index contributed by atoms with van der Waals surface area (Å²) in [6, 6.07) is 8.39. The zero-order valence-corrected chi connectivity index (χ0v) is 12.7. The second kappa shape index (κ2) is 8.04. The predicted molar refractivity (Wildman–Crippen MR) is 83.8 cm³/mol. The van der Waals surface area contributed by atoms with Gasteiger partial charge in [0.1, 0.15) is 10.8 Å². The Morgan fingerprint density at radius 3 is 2.90 bits per heavy atom. The SMILES string of the molecule is OCCC#Cc1ccc(CSc2ncccc2Cl)c(F)c1. The summed E-state index contributed by atoms with van der Waals surface area (Å²) in [4.78, 5) is 4.15. The van der Waals surface area contributed by atoms with Gasteiger partial charge in [0.15, 0.2) is 0 Å². The van der Waals surface area contributed by atoms with Gasteiger partial charge in [0.2, 0.25) is 0 Å². The number of benzene rings is 1. The Balaban J connectivity index is 2.05. The van der Waals surface area contributed by atoms with Gasteiger partial charge in [-0.2, -0.15) is 0 Å². The molecule has 0 fully saturated rings. The summed E-state index contributed by atoms with van der Waals surface area (Å²) in [6.07, 6.45) is 2.04. The van der Waals surface area contributed by atoms with Gasteiger partial charge in [-0.05, 0) is 29.8 Å². The molecule has 2 nitrogen and oxygen atoms in total. The molecule has 21 heavy (non-hydrogen) atoms. The van der Waals surface area contributed by atoms with Gasteiger partial charge < -0.3 is 5.11 Å². The van der Waals surface area contributed by atoms with E-state index in [1.54, 1.807) is 30.5 Å². The molecule has 0 aliphatic heterocycles. The molecule has 0 saturated heterocycles. The summed E-state index contributed by atoms with van der Waals surface area (Å²) in [5, 5.41) is 9.90. The summed E-state index contributed by atoms with van der Waals surface area (Å²) >= 11 is 7.40. The number of pyridine rings is 1. The number of aliphatic hydroxyl groups excluding tert-OH is 1. The molecule has 5 heteroatoms. The summed E-state index contributed by atoms with van der Waals surface area (Å²) in [5.41, 5.74) is 1.18. The van der Waals surface area contributed by atoms with E-state index in [2.05, 4.69) is 16.8 Å². The third kappa shape index (κ3) is 4.75. The number of thioether (sulfide) groups is 1. The van der Waals surface area contributed by atoms with Crippen molar-refractivity contribution in [2.24, 2.45) is 0 Å². The Bertz CT molecular complexity index is 681. The zero-order valence-electron chi connectivity index (χ0n) is 11.1. The molecule has 0 amide bonds. The van der Waals surface area contributed by atoms with Gasteiger partial charge in [-0.3, -0.25) is 0 Å². The van der Waals surface area contributed by atoms with Crippen LogP contribution in [0.15, 0.2) is 41.6 Å². The van der Waals surface area contributed by atoms with Crippen molar-refractivity contribution >= 4 is 23.4 Å². The number of hydrogen-bond donors (Lipinski definition) is 1. The van der Waals surface area contributed by atoms with Gasteiger partial charge in [-0.15, -0.1) is 11.8 Å². The van der Waals surface area contributed by atoms with Crippen LogP contribution in [-0.2, 0) is 5.75 Å².